The van der Waals surface area contributed by atoms with E-state index >= 15 is 0 Å². The third kappa shape index (κ3) is 3.86. The van der Waals surface area contributed by atoms with Crippen LogP contribution in [0.2, 0.25) is 0 Å². The van der Waals surface area contributed by atoms with Crippen LogP contribution in [-0.4, -0.2) is 28.3 Å². The molecule has 1 unspecified atom stereocenters. The molecule has 0 saturated heterocycles. The molecule has 0 fully saturated rings. The summed E-state index contributed by atoms with van der Waals surface area (Å²) in [6, 6.07) is 4.04. The van der Waals surface area contributed by atoms with Gasteiger partial charge in [-0.1, -0.05) is 11.8 Å². The van der Waals surface area contributed by atoms with Crippen LogP contribution in [0.3, 0.4) is 0 Å². The van der Waals surface area contributed by atoms with Crippen molar-refractivity contribution in [2.45, 2.75) is 24.0 Å². The highest BCUT2D eigenvalue weighted by Gasteiger charge is 2.20. The Morgan fingerprint density at radius 1 is 1.53 bits per heavy atom. The molecule has 1 heterocycles. The minimum atomic E-state index is -0.457. The maximum absolute atomic E-state index is 8.93. The van der Waals surface area contributed by atoms with E-state index in [2.05, 4.69) is 21.4 Å². The molecule has 1 atom stereocenters. The van der Waals surface area contributed by atoms with Gasteiger partial charge in [0.2, 0.25) is 0 Å². The van der Waals surface area contributed by atoms with E-state index in [-0.39, 0.29) is 0 Å². The summed E-state index contributed by atoms with van der Waals surface area (Å²) in [7, 11) is 1.80. The predicted octanol–water partition coefficient (Wildman–Crippen LogP) is 1.46. The Bertz CT molecular complexity index is 335. The molecule has 0 aromatic carbocycles. The van der Waals surface area contributed by atoms with Crippen molar-refractivity contribution in [3.63, 3.8) is 0 Å². The van der Waals surface area contributed by atoms with Gasteiger partial charge in [0.25, 0.3) is 0 Å². The van der Waals surface area contributed by atoms with Gasteiger partial charge in [0.1, 0.15) is 5.54 Å². The topological polar surface area (TPSA) is 61.6 Å². The van der Waals surface area contributed by atoms with E-state index in [0.717, 1.165) is 17.3 Å². The lowest BCUT2D eigenvalue weighted by Crippen LogP contribution is -2.38. The third-order valence-electron chi connectivity index (χ3n) is 2.17. The summed E-state index contributed by atoms with van der Waals surface area (Å²) in [5.74, 6) is 0.828. The van der Waals surface area contributed by atoms with E-state index in [1.54, 1.807) is 37.3 Å². The fourth-order valence-corrected chi connectivity index (χ4v) is 1.91. The molecular weight excluding hydrogens is 208 g/mol. The minimum Gasteiger partial charge on any atom is -0.303 e. The second kappa shape index (κ2) is 5.69. The Morgan fingerprint density at radius 3 is 2.73 bits per heavy atom. The molecule has 0 spiro atoms. The van der Waals surface area contributed by atoms with Crippen LogP contribution < -0.4 is 5.32 Å². The van der Waals surface area contributed by atoms with Crippen LogP contribution in [0.25, 0.3) is 0 Å². The summed E-state index contributed by atoms with van der Waals surface area (Å²) >= 11 is 1.56. The number of nitrogens with one attached hydrogen (secondary N) is 1. The fourth-order valence-electron chi connectivity index (χ4n) is 0.943. The molecule has 0 radical (unpaired) electrons. The number of aromatic nitrogens is 2. The molecule has 1 aromatic rings. The Balaban J connectivity index is 2.37. The lowest BCUT2D eigenvalue weighted by Gasteiger charge is -2.19. The summed E-state index contributed by atoms with van der Waals surface area (Å²) in [5.41, 5.74) is -0.457. The van der Waals surface area contributed by atoms with Crippen LogP contribution in [0.5, 0.6) is 0 Å². The first-order valence-electron chi connectivity index (χ1n) is 4.70. The van der Waals surface area contributed by atoms with Crippen molar-refractivity contribution >= 4 is 11.8 Å². The number of nitriles is 1. The number of hydrogen-bond acceptors (Lipinski definition) is 5. The first-order valence-corrected chi connectivity index (χ1v) is 5.69. The second-order valence-corrected chi connectivity index (χ2v) is 4.39. The molecule has 0 amide bonds. The van der Waals surface area contributed by atoms with Crippen molar-refractivity contribution in [2.24, 2.45) is 0 Å². The van der Waals surface area contributed by atoms with Crippen molar-refractivity contribution in [1.29, 1.82) is 5.26 Å². The van der Waals surface area contributed by atoms with E-state index in [0.29, 0.717) is 0 Å². The standard InChI is InChI=1S/C10H14N4S/c1-10(8-11,12-2)4-7-15-9-13-5-3-6-14-9/h3,5-6,12H,4,7H2,1-2H3. The van der Waals surface area contributed by atoms with Crippen molar-refractivity contribution in [3.05, 3.63) is 18.5 Å². The lowest BCUT2D eigenvalue weighted by molar-refractivity contribution is 0.479. The molecule has 15 heavy (non-hydrogen) atoms. The van der Waals surface area contributed by atoms with E-state index in [1.165, 1.54) is 0 Å². The molecule has 0 aliphatic carbocycles. The summed E-state index contributed by atoms with van der Waals surface area (Å²) in [6.45, 7) is 1.89. The minimum absolute atomic E-state index is 0.457. The SMILES string of the molecule is CNC(C)(C#N)CCSc1ncccn1. The Morgan fingerprint density at radius 2 is 2.20 bits per heavy atom. The molecule has 5 heteroatoms. The van der Waals surface area contributed by atoms with Crippen molar-refractivity contribution in [2.75, 3.05) is 12.8 Å². The Kier molecular flexibility index (Phi) is 4.53. The molecule has 80 valence electrons. The largest absolute Gasteiger partial charge is 0.303 e. The van der Waals surface area contributed by atoms with Gasteiger partial charge in [-0.05, 0) is 26.5 Å². The zero-order chi connectivity index (χ0) is 11.1. The van der Waals surface area contributed by atoms with Gasteiger partial charge in [0.15, 0.2) is 5.16 Å². The maximum Gasteiger partial charge on any atom is 0.187 e. The van der Waals surface area contributed by atoms with Gasteiger partial charge in [-0.15, -0.1) is 0 Å². The van der Waals surface area contributed by atoms with Crippen molar-refractivity contribution in [3.8, 4) is 6.07 Å². The number of rotatable bonds is 5. The highest BCUT2D eigenvalue weighted by atomic mass is 32.2. The number of nitrogens with zero attached hydrogens (tertiary/aromatic N) is 3. The normalized spacial score (nSPS) is 14.2. The number of thioether (sulfide) groups is 1. The Hall–Kier alpha value is -1.12. The average molecular weight is 222 g/mol. The van der Waals surface area contributed by atoms with E-state index in [4.69, 9.17) is 5.26 Å². The maximum atomic E-state index is 8.93. The molecule has 1 aromatic heterocycles. The summed E-state index contributed by atoms with van der Waals surface area (Å²) < 4.78 is 0. The monoisotopic (exact) mass is 222 g/mol. The van der Waals surface area contributed by atoms with Gasteiger partial charge in [0, 0.05) is 18.1 Å². The van der Waals surface area contributed by atoms with Gasteiger partial charge in [-0.2, -0.15) is 5.26 Å². The molecule has 1 N–H and O–H groups in total. The van der Waals surface area contributed by atoms with Crippen LogP contribution in [0.1, 0.15) is 13.3 Å². The average Bonchev–Trinajstić information content (AvgIpc) is 2.30. The van der Waals surface area contributed by atoms with Gasteiger partial charge in [0.05, 0.1) is 6.07 Å². The van der Waals surface area contributed by atoms with E-state index in [1.807, 2.05) is 6.92 Å². The molecule has 0 bridgehead atoms. The first-order chi connectivity index (χ1) is 7.20. The number of hydrogen-bond donors (Lipinski definition) is 1. The second-order valence-electron chi connectivity index (χ2n) is 3.32. The van der Waals surface area contributed by atoms with Gasteiger partial charge < -0.3 is 5.32 Å². The molecule has 0 aliphatic rings. The fraction of sp³-hybridized carbons (Fsp3) is 0.500. The van der Waals surface area contributed by atoms with Crippen molar-refractivity contribution < 1.29 is 0 Å². The zero-order valence-electron chi connectivity index (χ0n) is 8.90. The van der Waals surface area contributed by atoms with E-state index < -0.39 is 5.54 Å². The molecule has 1 rings (SSSR count). The molecule has 0 aliphatic heterocycles. The van der Waals surface area contributed by atoms with Gasteiger partial charge >= 0.3 is 0 Å². The quantitative estimate of drug-likeness (QED) is 0.603. The highest BCUT2D eigenvalue weighted by molar-refractivity contribution is 7.99. The smallest absolute Gasteiger partial charge is 0.187 e. The van der Waals surface area contributed by atoms with Gasteiger partial charge in [-0.25, -0.2) is 9.97 Å². The van der Waals surface area contributed by atoms with Crippen LogP contribution in [0, 0.1) is 11.3 Å². The summed E-state index contributed by atoms with van der Waals surface area (Å²) in [6.07, 6.45) is 4.21. The molecular formula is C10H14N4S. The lowest BCUT2D eigenvalue weighted by atomic mass is 10.0. The summed E-state index contributed by atoms with van der Waals surface area (Å²) in [5, 5.41) is 12.7. The highest BCUT2D eigenvalue weighted by Crippen LogP contribution is 2.17. The van der Waals surface area contributed by atoms with Crippen molar-refractivity contribution in [1.82, 2.24) is 15.3 Å². The first kappa shape index (κ1) is 12.0. The van der Waals surface area contributed by atoms with E-state index in [9.17, 15) is 0 Å². The van der Waals surface area contributed by atoms with Crippen LogP contribution in [0.4, 0.5) is 0 Å². The molecule has 0 saturated carbocycles. The predicted molar refractivity (Wildman–Crippen MR) is 60.5 cm³/mol. The van der Waals surface area contributed by atoms with Gasteiger partial charge in [-0.3, -0.25) is 0 Å². The van der Waals surface area contributed by atoms with Crippen LogP contribution in [-0.2, 0) is 0 Å². The molecule has 4 nitrogen and oxygen atoms in total. The van der Waals surface area contributed by atoms with Crippen LogP contribution >= 0.6 is 11.8 Å². The zero-order valence-corrected chi connectivity index (χ0v) is 9.71. The summed E-state index contributed by atoms with van der Waals surface area (Å²) in [4.78, 5) is 8.20. The van der Waals surface area contributed by atoms with Crippen LogP contribution in [0.15, 0.2) is 23.6 Å². The third-order valence-corrected chi connectivity index (χ3v) is 3.05. The Labute approximate surface area is 94.1 Å².